The molecule has 1 N–H and O–H groups in total. The molecule has 0 fully saturated rings. The van der Waals surface area contributed by atoms with Crippen LogP contribution in [0.3, 0.4) is 0 Å². The third-order valence-electron chi connectivity index (χ3n) is 4.90. The second-order valence-corrected chi connectivity index (χ2v) is 10.1. The van der Waals surface area contributed by atoms with E-state index < -0.39 is 0 Å². The zero-order chi connectivity index (χ0) is 23.0. The summed E-state index contributed by atoms with van der Waals surface area (Å²) in [6.07, 6.45) is 1.87. The summed E-state index contributed by atoms with van der Waals surface area (Å²) in [5.74, 6) is 1.63. The van der Waals surface area contributed by atoms with Crippen LogP contribution in [-0.2, 0) is 11.2 Å². The minimum Gasteiger partial charge on any atom is -0.356 e. The standard InChI is InChI=1S/C24H22Cl2N4OS2/c25-18-11-10-17(20(26)16-18)12-13-27-22(31)9-5-15-33-24-29-28-23(21-8-4-14-32-21)30(24)19-6-2-1-3-7-19/h1-4,6-8,10-11,14,16H,5,9,12-13,15H2,(H,27,31). The van der Waals surface area contributed by atoms with Crippen molar-refractivity contribution in [3.63, 3.8) is 0 Å². The second kappa shape index (κ2) is 11.7. The van der Waals surface area contributed by atoms with Crippen molar-refractivity contribution >= 4 is 52.2 Å². The number of hydrogen-bond acceptors (Lipinski definition) is 5. The number of carbonyl (C=O) groups excluding carboxylic acids is 1. The van der Waals surface area contributed by atoms with Crippen molar-refractivity contribution in [3.8, 4) is 16.4 Å². The Kier molecular flexibility index (Phi) is 8.45. The van der Waals surface area contributed by atoms with Gasteiger partial charge in [0.1, 0.15) is 0 Å². The van der Waals surface area contributed by atoms with Gasteiger partial charge in [-0.2, -0.15) is 0 Å². The summed E-state index contributed by atoms with van der Waals surface area (Å²) in [7, 11) is 0. The van der Waals surface area contributed by atoms with Crippen molar-refractivity contribution in [3.05, 3.63) is 81.7 Å². The molecule has 0 bridgehead atoms. The normalized spacial score (nSPS) is 11.0. The molecule has 9 heteroatoms. The molecule has 0 aliphatic rings. The van der Waals surface area contributed by atoms with E-state index in [1.165, 1.54) is 0 Å². The van der Waals surface area contributed by atoms with Gasteiger partial charge in [-0.15, -0.1) is 21.5 Å². The maximum atomic E-state index is 12.2. The van der Waals surface area contributed by atoms with Crippen LogP contribution in [0, 0.1) is 0 Å². The molecule has 33 heavy (non-hydrogen) atoms. The Hall–Kier alpha value is -2.32. The van der Waals surface area contributed by atoms with Crippen LogP contribution in [0.5, 0.6) is 0 Å². The first-order chi connectivity index (χ1) is 16.1. The summed E-state index contributed by atoms with van der Waals surface area (Å²) in [5, 5.41) is 15.9. The molecule has 4 rings (SSSR count). The van der Waals surface area contributed by atoms with Crippen LogP contribution in [0.25, 0.3) is 16.4 Å². The highest BCUT2D eigenvalue weighted by Crippen LogP contribution is 2.30. The number of halogens is 2. The van der Waals surface area contributed by atoms with Crippen molar-refractivity contribution in [2.24, 2.45) is 0 Å². The smallest absolute Gasteiger partial charge is 0.220 e. The largest absolute Gasteiger partial charge is 0.356 e. The molecule has 1 amide bonds. The van der Waals surface area contributed by atoms with Crippen LogP contribution in [0.2, 0.25) is 10.0 Å². The molecule has 5 nitrogen and oxygen atoms in total. The van der Waals surface area contributed by atoms with E-state index in [-0.39, 0.29) is 5.91 Å². The molecule has 0 aliphatic carbocycles. The Morgan fingerprint density at radius 1 is 1.06 bits per heavy atom. The lowest BCUT2D eigenvalue weighted by atomic mass is 10.1. The Bertz CT molecular complexity index is 1200. The summed E-state index contributed by atoms with van der Waals surface area (Å²) in [6.45, 7) is 0.542. The number of nitrogens with zero attached hydrogens (tertiary/aromatic N) is 3. The first-order valence-electron chi connectivity index (χ1n) is 10.5. The quantitative estimate of drug-likeness (QED) is 0.192. The highest BCUT2D eigenvalue weighted by atomic mass is 35.5. The number of thiophene rings is 1. The van der Waals surface area contributed by atoms with Crippen molar-refractivity contribution < 1.29 is 4.79 Å². The van der Waals surface area contributed by atoms with Crippen LogP contribution < -0.4 is 5.32 Å². The van der Waals surface area contributed by atoms with E-state index >= 15 is 0 Å². The first-order valence-corrected chi connectivity index (χ1v) is 13.1. The molecule has 0 saturated heterocycles. The average molecular weight is 518 g/mol. The Labute approximate surface area is 211 Å². The van der Waals surface area contributed by atoms with E-state index in [0.717, 1.165) is 39.3 Å². The lowest BCUT2D eigenvalue weighted by Gasteiger charge is -2.09. The van der Waals surface area contributed by atoms with Crippen molar-refractivity contribution in [1.82, 2.24) is 20.1 Å². The number of thioether (sulfide) groups is 1. The van der Waals surface area contributed by atoms with Crippen molar-refractivity contribution in [2.75, 3.05) is 12.3 Å². The molecule has 170 valence electrons. The van der Waals surface area contributed by atoms with Crippen LogP contribution >= 0.6 is 46.3 Å². The third-order valence-corrected chi connectivity index (χ3v) is 7.37. The number of benzene rings is 2. The first kappa shape index (κ1) is 23.8. The molecular weight excluding hydrogens is 495 g/mol. The summed E-state index contributed by atoms with van der Waals surface area (Å²) in [6, 6.07) is 19.6. The van der Waals surface area contributed by atoms with Gasteiger partial charge < -0.3 is 5.32 Å². The van der Waals surface area contributed by atoms with Crippen molar-refractivity contribution in [2.45, 2.75) is 24.4 Å². The van der Waals surface area contributed by atoms with Gasteiger partial charge >= 0.3 is 0 Å². The molecular formula is C24H22Cl2N4OS2. The predicted octanol–water partition coefficient (Wildman–Crippen LogP) is 6.53. The molecule has 4 aromatic rings. The fourth-order valence-electron chi connectivity index (χ4n) is 3.28. The number of para-hydroxylation sites is 1. The minimum atomic E-state index is 0.0319. The molecule has 2 heterocycles. The number of carbonyl (C=O) groups is 1. The maximum Gasteiger partial charge on any atom is 0.220 e. The topological polar surface area (TPSA) is 59.8 Å². The summed E-state index contributed by atoms with van der Waals surface area (Å²) in [5.41, 5.74) is 1.99. The van der Waals surface area contributed by atoms with Crippen LogP contribution in [0.1, 0.15) is 18.4 Å². The zero-order valence-corrected chi connectivity index (χ0v) is 20.9. The van der Waals surface area contributed by atoms with Gasteiger partial charge in [-0.25, -0.2) is 0 Å². The lowest BCUT2D eigenvalue weighted by molar-refractivity contribution is -0.121. The number of rotatable bonds is 10. The molecule has 2 aromatic heterocycles. The highest BCUT2D eigenvalue weighted by molar-refractivity contribution is 7.99. The second-order valence-electron chi connectivity index (χ2n) is 7.24. The van der Waals surface area contributed by atoms with Crippen LogP contribution in [-0.4, -0.2) is 33.0 Å². The zero-order valence-electron chi connectivity index (χ0n) is 17.7. The van der Waals surface area contributed by atoms with Crippen LogP contribution in [0.4, 0.5) is 0 Å². The number of aromatic nitrogens is 3. The van der Waals surface area contributed by atoms with Gasteiger partial charge in [0, 0.05) is 34.5 Å². The minimum absolute atomic E-state index is 0.0319. The van der Waals surface area contributed by atoms with E-state index in [2.05, 4.69) is 20.1 Å². The van der Waals surface area contributed by atoms with E-state index in [4.69, 9.17) is 23.2 Å². The Morgan fingerprint density at radius 2 is 1.91 bits per heavy atom. The van der Waals surface area contributed by atoms with E-state index in [9.17, 15) is 4.79 Å². The van der Waals surface area contributed by atoms with Crippen LogP contribution in [0.15, 0.2) is 71.2 Å². The van der Waals surface area contributed by atoms with Gasteiger partial charge in [0.2, 0.25) is 5.91 Å². The van der Waals surface area contributed by atoms with E-state index in [1.807, 2.05) is 53.9 Å². The number of nitrogens with one attached hydrogen (secondary N) is 1. The van der Waals surface area contributed by atoms with Gasteiger partial charge in [0.25, 0.3) is 0 Å². The van der Waals surface area contributed by atoms with Crippen molar-refractivity contribution in [1.29, 1.82) is 0 Å². The Morgan fingerprint density at radius 3 is 2.67 bits per heavy atom. The monoisotopic (exact) mass is 516 g/mol. The fourth-order valence-corrected chi connectivity index (χ4v) is 5.38. The SMILES string of the molecule is O=C(CCCSc1nnc(-c2cccs2)n1-c1ccccc1)NCCc1ccc(Cl)cc1Cl. The fraction of sp³-hybridized carbons (Fsp3) is 0.208. The van der Waals surface area contributed by atoms with Gasteiger partial charge in [0.05, 0.1) is 4.88 Å². The molecule has 0 saturated carbocycles. The molecule has 0 atom stereocenters. The Balaban J connectivity index is 1.29. The predicted molar refractivity (Wildman–Crippen MR) is 138 cm³/mol. The number of hydrogen-bond donors (Lipinski definition) is 1. The summed E-state index contributed by atoms with van der Waals surface area (Å²) in [4.78, 5) is 13.3. The van der Waals surface area contributed by atoms with Gasteiger partial charge in [-0.05, 0) is 54.1 Å². The molecule has 2 aromatic carbocycles. The third kappa shape index (κ3) is 6.38. The van der Waals surface area contributed by atoms with Gasteiger partial charge in [-0.1, -0.05) is 65.3 Å². The molecule has 0 unspecified atom stereocenters. The molecule has 0 aliphatic heterocycles. The van der Waals surface area contributed by atoms with E-state index in [1.54, 1.807) is 35.2 Å². The number of amides is 1. The molecule has 0 spiro atoms. The molecule has 0 radical (unpaired) electrons. The van der Waals surface area contributed by atoms with E-state index in [0.29, 0.717) is 29.4 Å². The maximum absolute atomic E-state index is 12.2. The summed E-state index contributed by atoms with van der Waals surface area (Å²) < 4.78 is 2.08. The highest BCUT2D eigenvalue weighted by Gasteiger charge is 2.16. The van der Waals surface area contributed by atoms with Gasteiger partial charge in [0.15, 0.2) is 11.0 Å². The summed E-state index contributed by atoms with van der Waals surface area (Å²) >= 11 is 15.4. The lowest BCUT2D eigenvalue weighted by Crippen LogP contribution is -2.25. The van der Waals surface area contributed by atoms with Gasteiger partial charge in [-0.3, -0.25) is 9.36 Å². The average Bonchev–Trinajstić information content (AvgIpc) is 3.49.